The van der Waals surface area contributed by atoms with Gasteiger partial charge in [0, 0.05) is 31.1 Å². The molecule has 12 heteroatoms. The highest BCUT2D eigenvalue weighted by molar-refractivity contribution is 6.74. The van der Waals surface area contributed by atoms with Gasteiger partial charge >= 0.3 is 0 Å². The van der Waals surface area contributed by atoms with Crippen LogP contribution in [0, 0.1) is 11.8 Å². The number of pyridine rings is 1. The van der Waals surface area contributed by atoms with E-state index in [1.807, 2.05) is 86.6 Å². The van der Waals surface area contributed by atoms with Crippen molar-refractivity contribution in [1.82, 2.24) is 15.5 Å². The van der Waals surface area contributed by atoms with Crippen LogP contribution < -0.4 is 19.7 Å². The molecule has 4 atom stereocenters. The number of fused-ring (bicyclic) bond motifs is 4. The fourth-order valence-electron chi connectivity index (χ4n) is 7.94. The number of ether oxygens (including phenoxy) is 2. The molecule has 0 fully saturated rings. The summed E-state index contributed by atoms with van der Waals surface area (Å²) in [5, 5.41) is 20.4. The van der Waals surface area contributed by atoms with Crippen LogP contribution in [-0.2, 0) is 24.1 Å². The van der Waals surface area contributed by atoms with Crippen LogP contribution in [0.4, 0.5) is 5.82 Å². The number of hydrogen-bond acceptors (Lipinski definition) is 11. The second-order valence-corrected chi connectivity index (χ2v) is 21.0. The van der Waals surface area contributed by atoms with Crippen LogP contribution in [0.25, 0.3) is 0 Å². The summed E-state index contributed by atoms with van der Waals surface area (Å²) in [6.45, 7) is 13.3. The number of hydrogen-bond donors (Lipinski definition) is 2. The fourth-order valence-corrected chi connectivity index (χ4v) is 9.39. The van der Waals surface area contributed by atoms with Gasteiger partial charge in [-0.1, -0.05) is 88.4 Å². The third kappa shape index (κ3) is 6.23. The van der Waals surface area contributed by atoms with E-state index in [-0.39, 0.29) is 41.0 Å². The topological polar surface area (TPSA) is 136 Å². The molecule has 7 rings (SSSR count). The van der Waals surface area contributed by atoms with Gasteiger partial charge in [-0.05, 0) is 59.7 Å². The van der Waals surface area contributed by atoms with E-state index in [0.717, 1.165) is 16.7 Å². The van der Waals surface area contributed by atoms with Gasteiger partial charge < -0.3 is 33.7 Å². The van der Waals surface area contributed by atoms with Gasteiger partial charge in [-0.3, -0.25) is 9.59 Å². The van der Waals surface area contributed by atoms with Gasteiger partial charge in [0.2, 0.25) is 5.78 Å². The van der Waals surface area contributed by atoms with E-state index in [4.69, 9.17) is 23.4 Å². The van der Waals surface area contributed by atoms with Crippen molar-refractivity contribution in [2.24, 2.45) is 11.8 Å². The number of carbonyl (C=O) groups excluding carboxylic acids is 2. The molecular formula is C42H50N4O7Si. The van der Waals surface area contributed by atoms with Crippen molar-refractivity contribution in [3.05, 3.63) is 112 Å². The largest absolute Gasteiger partial charge is 0.508 e. The van der Waals surface area contributed by atoms with Crippen LogP contribution in [-0.4, -0.2) is 61.4 Å². The first-order chi connectivity index (χ1) is 25.7. The predicted octanol–water partition coefficient (Wildman–Crippen LogP) is 7.79. The molecule has 54 heavy (non-hydrogen) atoms. The van der Waals surface area contributed by atoms with Gasteiger partial charge in [0.25, 0.3) is 5.88 Å². The summed E-state index contributed by atoms with van der Waals surface area (Å²) in [4.78, 5) is 37.2. The standard InChI is InChI=1S/C42H50N4O7Si/c1-9-43-34-29-21-27-20-28-32(30(22-44-39(28)46(5)6)50-23-25-16-12-10-13-17-25)35(47)31(27)37(48)42(29,53-54(7,8)41(2,3)4)38(49)33-36(34)52-45-40(33)51-24-26-18-14-11-15-19-26/h10-19,22,27,29,34,43,48H,9,20-21,23-24H2,1-8H3/t27-,29-,34-,42?/m0/s1. The first-order valence-corrected chi connectivity index (χ1v) is 21.6. The summed E-state index contributed by atoms with van der Waals surface area (Å²) >= 11 is 0. The van der Waals surface area contributed by atoms with Crippen molar-refractivity contribution in [1.29, 1.82) is 0 Å². The molecule has 3 aliphatic rings. The molecule has 11 nitrogen and oxygen atoms in total. The molecule has 2 aromatic carbocycles. The number of aliphatic hydroxyl groups excluding tert-OH is 1. The molecule has 4 aromatic rings. The van der Waals surface area contributed by atoms with Crippen molar-refractivity contribution in [3.63, 3.8) is 0 Å². The molecule has 0 saturated carbocycles. The van der Waals surface area contributed by atoms with Crippen LogP contribution in [0.2, 0.25) is 18.1 Å². The van der Waals surface area contributed by atoms with Gasteiger partial charge in [-0.2, -0.15) is 0 Å². The zero-order chi connectivity index (χ0) is 38.6. The minimum Gasteiger partial charge on any atom is -0.508 e. The molecule has 0 aliphatic heterocycles. The predicted molar refractivity (Wildman–Crippen MR) is 208 cm³/mol. The zero-order valence-electron chi connectivity index (χ0n) is 32.4. The Bertz CT molecular complexity index is 2090. The summed E-state index contributed by atoms with van der Waals surface area (Å²) in [6.07, 6.45) is 2.33. The molecular weight excluding hydrogens is 701 g/mol. The Balaban J connectivity index is 1.41. The van der Waals surface area contributed by atoms with E-state index in [1.54, 1.807) is 6.20 Å². The maximum Gasteiger partial charge on any atom is 0.265 e. The lowest BCUT2D eigenvalue weighted by molar-refractivity contribution is -0.0321. The Morgan fingerprint density at radius 2 is 1.61 bits per heavy atom. The van der Waals surface area contributed by atoms with Crippen molar-refractivity contribution < 1.29 is 33.1 Å². The molecule has 284 valence electrons. The fraction of sp³-hybridized carbons (Fsp3) is 0.429. The van der Waals surface area contributed by atoms with E-state index in [9.17, 15) is 5.11 Å². The third-order valence-electron chi connectivity index (χ3n) is 11.6. The lowest BCUT2D eigenvalue weighted by atomic mass is 9.59. The molecule has 2 N–H and O–H groups in total. The Kier molecular flexibility index (Phi) is 9.82. The van der Waals surface area contributed by atoms with Crippen molar-refractivity contribution in [2.75, 3.05) is 25.5 Å². The van der Waals surface area contributed by atoms with E-state index >= 15 is 9.59 Å². The number of anilines is 1. The summed E-state index contributed by atoms with van der Waals surface area (Å²) in [6, 6.07) is 18.7. The maximum absolute atomic E-state index is 15.5. The normalized spacial score (nSPS) is 22.3. The first-order valence-electron chi connectivity index (χ1n) is 18.7. The molecule has 0 amide bonds. The van der Waals surface area contributed by atoms with Gasteiger partial charge in [-0.25, -0.2) is 4.98 Å². The highest BCUT2D eigenvalue weighted by Crippen LogP contribution is 2.59. The highest BCUT2D eigenvalue weighted by Gasteiger charge is 2.67. The van der Waals surface area contributed by atoms with Gasteiger partial charge in [0.05, 0.1) is 17.8 Å². The molecule has 0 radical (unpaired) electrons. The number of aromatic nitrogens is 2. The van der Waals surface area contributed by atoms with Crippen molar-refractivity contribution in [3.8, 4) is 11.6 Å². The van der Waals surface area contributed by atoms with Crippen molar-refractivity contribution in [2.45, 2.75) is 83.5 Å². The van der Waals surface area contributed by atoms with Crippen molar-refractivity contribution >= 4 is 25.7 Å². The molecule has 3 aliphatic carbocycles. The lowest BCUT2D eigenvalue weighted by Gasteiger charge is -2.54. The molecule has 0 saturated heterocycles. The second-order valence-electron chi connectivity index (χ2n) is 16.3. The average molecular weight is 751 g/mol. The third-order valence-corrected chi connectivity index (χ3v) is 16.0. The number of nitrogens with one attached hydrogen (secondary N) is 1. The summed E-state index contributed by atoms with van der Waals surface area (Å²) in [5.41, 5.74) is 1.28. The summed E-state index contributed by atoms with van der Waals surface area (Å²) in [7, 11) is 0.926. The molecule has 0 bridgehead atoms. The summed E-state index contributed by atoms with van der Waals surface area (Å²) < 4.78 is 25.7. The minimum atomic E-state index is -2.86. The number of nitrogens with zero attached hydrogens (tertiary/aromatic N) is 3. The van der Waals surface area contributed by atoms with Gasteiger partial charge in [0.15, 0.2) is 25.5 Å². The second kappa shape index (κ2) is 14.1. The number of benzene rings is 2. The zero-order valence-corrected chi connectivity index (χ0v) is 33.4. The van der Waals surface area contributed by atoms with Crippen LogP contribution >= 0.6 is 0 Å². The Morgan fingerprint density at radius 1 is 0.981 bits per heavy atom. The first kappa shape index (κ1) is 37.5. The van der Waals surface area contributed by atoms with E-state index in [1.165, 1.54) is 0 Å². The van der Waals surface area contributed by atoms with Crippen LogP contribution in [0.1, 0.15) is 83.3 Å². The number of rotatable bonds is 11. The highest BCUT2D eigenvalue weighted by atomic mass is 28.4. The average Bonchev–Trinajstić information content (AvgIpc) is 3.56. The number of carbonyl (C=O) groups is 2. The number of aliphatic hydroxyl groups is 1. The van der Waals surface area contributed by atoms with Crippen LogP contribution in [0.3, 0.4) is 0 Å². The molecule has 2 heterocycles. The van der Waals surface area contributed by atoms with Gasteiger partial charge in [0.1, 0.15) is 36.1 Å². The molecule has 1 unspecified atom stereocenters. The van der Waals surface area contributed by atoms with E-state index in [0.29, 0.717) is 42.3 Å². The molecule has 2 aromatic heterocycles. The number of ketones is 2. The quantitative estimate of drug-likeness (QED) is 0.145. The van der Waals surface area contributed by atoms with Crippen LogP contribution in [0.5, 0.6) is 11.6 Å². The maximum atomic E-state index is 15.5. The van der Waals surface area contributed by atoms with Gasteiger partial charge in [-0.15, -0.1) is 0 Å². The monoisotopic (exact) mass is 750 g/mol. The Hall–Kier alpha value is -4.78. The Labute approximate surface area is 317 Å². The summed E-state index contributed by atoms with van der Waals surface area (Å²) in [5.74, 6) is -1.00. The van der Waals surface area contributed by atoms with Crippen LogP contribution in [0.15, 0.2) is 82.7 Å². The number of allylic oxidation sites excluding steroid dienone is 1. The minimum absolute atomic E-state index is 0.0250. The number of Topliss-reactive ketones (excluding diaryl/α,β-unsaturated/α-hetero) is 2. The SMILES string of the molecule is CCN[C@@H]1c2onc(OCc3ccccc3)c2C(=O)C2(O[Si](C)(C)C(C)(C)C)C(O)=C3C(=O)c4c(OCc5ccccc5)cnc(N(C)C)c4C[C@H]3C[C@@H]12. The van der Waals surface area contributed by atoms with E-state index < -0.39 is 43.4 Å². The molecule has 0 spiro atoms. The van der Waals surface area contributed by atoms with E-state index in [2.05, 4.69) is 44.3 Å². The Morgan fingerprint density at radius 3 is 2.20 bits per heavy atom. The smallest absolute Gasteiger partial charge is 0.265 e. The lowest BCUT2D eigenvalue weighted by Crippen LogP contribution is -2.65.